The van der Waals surface area contributed by atoms with E-state index in [1.165, 1.54) is 20.8 Å². The van der Waals surface area contributed by atoms with E-state index in [1.807, 2.05) is 12.4 Å². The number of pyridine rings is 1. The van der Waals surface area contributed by atoms with Gasteiger partial charge in [-0.15, -0.1) is 0 Å². The molecular weight excluding hydrogens is 250 g/mol. The third-order valence-electron chi connectivity index (χ3n) is 2.90. The molecular formula is C13H14BrN. The van der Waals surface area contributed by atoms with Crippen LogP contribution < -0.4 is 0 Å². The fourth-order valence-corrected chi connectivity index (χ4v) is 2.48. The first kappa shape index (κ1) is 10.6. The molecule has 1 aromatic carbocycles. The maximum absolute atomic E-state index is 4.13. The number of hydrogen-bond donors (Lipinski definition) is 0. The van der Waals surface area contributed by atoms with Crippen molar-refractivity contribution in [3.63, 3.8) is 0 Å². The van der Waals surface area contributed by atoms with Gasteiger partial charge in [-0.05, 0) is 41.5 Å². The van der Waals surface area contributed by atoms with Gasteiger partial charge >= 0.3 is 0 Å². The van der Waals surface area contributed by atoms with Gasteiger partial charge in [0.25, 0.3) is 0 Å². The predicted octanol–water partition coefficient (Wildman–Crippen LogP) is 4.51. The lowest BCUT2D eigenvalue weighted by Crippen LogP contribution is -1.93. The number of fused-ring (bicyclic) bond motifs is 1. The molecule has 2 heteroatoms. The summed E-state index contributed by atoms with van der Waals surface area (Å²) in [6.45, 7) is 4.47. The van der Waals surface area contributed by atoms with Crippen LogP contribution in [0.2, 0.25) is 0 Å². The Bertz CT molecular complexity index is 479. The molecule has 0 saturated carbocycles. The number of benzene rings is 1. The van der Waals surface area contributed by atoms with E-state index in [0.29, 0.717) is 5.92 Å². The van der Waals surface area contributed by atoms with Crippen molar-refractivity contribution in [3.05, 3.63) is 40.6 Å². The lowest BCUT2D eigenvalue weighted by Gasteiger charge is -2.12. The quantitative estimate of drug-likeness (QED) is 0.777. The molecule has 2 rings (SSSR count). The zero-order valence-corrected chi connectivity index (χ0v) is 10.6. The predicted molar refractivity (Wildman–Crippen MR) is 68.1 cm³/mol. The zero-order valence-electron chi connectivity index (χ0n) is 9.00. The van der Waals surface area contributed by atoms with Crippen LogP contribution in [-0.2, 0) is 0 Å². The maximum atomic E-state index is 4.13. The fraction of sp³-hybridized carbons (Fsp3) is 0.308. The molecule has 1 aromatic heterocycles. The van der Waals surface area contributed by atoms with E-state index in [1.54, 1.807) is 0 Å². The first-order valence-corrected chi connectivity index (χ1v) is 6.05. The summed E-state index contributed by atoms with van der Waals surface area (Å²) in [5.74, 6) is 0.594. The summed E-state index contributed by atoms with van der Waals surface area (Å²) in [7, 11) is 0. The number of halogens is 1. The van der Waals surface area contributed by atoms with Crippen LogP contribution in [0.3, 0.4) is 0 Å². The van der Waals surface area contributed by atoms with Gasteiger partial charge in [0.05, 0.1) is 0 Å². The Labute approximate surface area is 98.7 Å². The molecule has 0 N–H and O–H groups in total. The van der Waals surface area contributed by atoms with Crippen molar-refractivity contribution in [2.45, 2.75) is 26.2 Å². The van der Waals surface area contributed by atoms with Crippen LogP contribution in [0.1, 0.15) is 31.7 Å². The van der Waals surface area contributed by atoms with E-state index in [0.717, 1.165) is 6.42 Å². The van der Waals surface area contributed by atoms with Crippen molar-refractivity contribution < 1.29 is 0 Å². The van der Waals surface area contributed by atoms with Gasteiger partial charge in [0.1, 0.15) is 0 Å². The highest BCUT2D eigenvalue weighted by Crippen LogP contribution is 2.30. The molecule has 2 aromatic rings. The van der Waals surface area contributed by atoms with E-state index >= 15 is 0 Å². The SMILES string of the molecule is CCC(C)c1cc2ccncc2cc1Br. The Morgan fingerprint density at radius 3 is 2.87 bits per heavy atom. The molecule has 0 fully saturated rings. The van der Waals surface area contributed by atoms with E-state index < -0.39 is 0 Å². The van der Waals surface area contributed by atoms with E-state index in [-0.39, 0.29) is 0 Å². The normalized spacial score (nSPS) is 13.0. The standard InChI is InChI=1S/C13H14BrN/c1-3-9(2)12-6-10-4-5-15-8-11(10)7-13(12)14/h4-9H,3H2,1-2H3. The maximum Gasteiger partial charge on any atom is 0.0346 e. The number of rotatable bonds is 2. The Kier molecular flexibility index (Phi) is 3.06. The number of hydrogen-bond acceptors (Lipinski definition) is 1. The Balaban J connectivity index is 2.61. The number of aromatic nitrogens is 1. The average molecular weight is 264 g/mol. The summed E-state index contributed by atoms with van der Waals surface area (Å²) < 4.78 is 1.19. The van der Waals surface area contributed by atoms with Crippen molar-refractivity contribution in [2.24, 2.45) is 0 Å². The minimum absolute atomic E-state index is 0.594. The second-order valence-corrected chi connectivity index (χ2v) is 4.76. The minimum Gasteiger partial charge on any atom is -0.264 e. The smallest absolute Gasteiger partial charge is 0.0346 e. The molecule has 0 saturated heterocycles. The van der Waals surface area contributed by atoms with Crippen LogP contribution in [0.4, 0.5) is 0 Å². The van der Waals surface area contributed by atoms with Crippen LogP contribution >= 0.6 is 15.9 Å². The molecule has 0 aliphatic heterocycles. The minimum atomic E-state index is 0.594. The molecule has 1 nitrogen and oxygen atoms in total. The van der Waals surface area contributed by atoms with Crippen LogP contribution in [0.5, 0.6) is 0 Å². The summed E-state index contributed by atoms with van der Waals surface area (Å²) >= 11 is 3.63. The van der Waals surface area contributed by atoms with Gasteiger partial charge in [0, 0.05) is 22.3 Å². The summed E-state index contributed by atoms with van der Waals surface area (Å²) in [6.07, 6.45) is 4.91. The van der Waals surface area contributed by atoms with Gasteiger partial charge in [-0.3, -0.25) is 4.98 Å². The van der Waals surface area contributed by atoms with Crippen molar-refractivity contribution in [1.29, 1.82) is 0 Å². The second kappa shape index (κ2) is 4.31. The first-order valence-electron chi connectivity index (χ1n) is 5.25. The Hall–Kier alpha value is -0.890. The molecule has 0 aliphatic carbocycles. The average Bonchev–Trinajstić information content (AvgIpc) is 2.27. The van der Waals surface area contributed by atoms with Gasteiger partial charge in [0.2, 0.25) is 0 Å². The van der Waals surface area contributed by atoms with Crippen LogP contribution in [0.15, 0.2) is 35.1 Å². The second-order valence-electron chi connectivity index (χ2n) is 3.91. The monoisotopic (exact) mass is 263 g/mol. The molecule has 0 spiro atoms. The van der Waals surface area contributed by atoms with E-state index in [2.05, 4.69) is 53.0 Å². The molecule has 0 radical (unpaired) electrons. The van der Waals surface area contributed by atoms with Gasteiger partial charge in [-0.2, -0.15) is 0 Å². The molecule has 1 atom stereocenters. The highest BCUT2D eigenvalue weighted by molar-refractivity contribution is 9.10. The van der Waals surface area contributed by atoms with Crippen LogP contribution in [-0.4, -0.2) is 4.98 Å². The summed E-state index contributed by atoms with van der Waals surface area (Å²) in [5.41, 5.74) is 1.39. The topological polar surface area (TPSA) is 12.9 Å². The summed E-state index contributed by atoms with van der Waals surface area (Å²) in [5, 5.41) is 2.46. The molecule has 0 aliphatic rings. The van der Waals surface area contributed by atoms with Gasteiger partial charge in [-0.1, -0.05) is 29.8 Å². The highest BCUT2D eigenvalue weighted by atomic mass is 79.9. The molecule has 78 valence electrons. The summed E-state index contributed by atoms with van der Waals surface area (Å²) in [6, 6.07) is 6.48. The number of nitrogens with zero attached hydrogens (tertiary/aromatic N) is 1. The van der Waals surface area contributed by atoms with Crippen molar-refractivity contribution in [3.8, 4) is 0 Å². The van der Waals surface area contributed by atoms with Crippen molar-refractivity contribution in [2.75, 3.05) is 0 Å². The molecule has 1 heterocycles. The van der Waals surface area contributed by atoms with E-state index in [4.69, 9.17) is 0 Å². The lowest BCUT2D eigenvalue weighted by atomic mass is 9.96. The van der Waals surface area contributed by atoms with E-state index in [9.17, 15) is 0 Å². The van der Waals surface area contributed by atoms with Crippen molar-refractivity contribution >= 4 is 26.7 Å². The third kappa shape index (κ3) is 2.05. The lowest BCUT2D eigenvalue weighted by molar-refractivity contribution is 0.731. The molecule has 0 bridgehead atoms. The molecule has 15 heavy (non-hydrogen) atoms. The Morgan fingerprint density at radius 2 is 2.13 bits per heavy atom. The zero-order chi connectivity index (χ0) is 10.8. The third-order valence-corrected chi connectivity index (χ3v) is 3.59. The largest absolute Gasteiger partial charge is 0.264 e. The summed E-state index contributed by atoms with van der Waals surface area (Å²) in [4.78, 5) is 4.13. The van der Waals surface area contributed by atoms with Gasteiger partial charge in [-0.25, -0.2) is 0 Å². The van der Waals surface area contributed by atoms with Crippen molar-refractivity contribution in [1.82, 2.24) is 4.98 Å². The fourth-order valence-electron chi connectivity index (χ4n) is 1.72. The molecule has 1 unspecified atom stereocenters. The molecule has 0 amide bonds. The van der Waals surface area contributed by atoms with Gasteiger partial charge in [0.15, 0.2) is 0 Å². The van der Waals surface area contributed by atoms with Crippen LogP contribution in [0.25, 0.3) is 10.8 Å². The highest BCUT2D eigenvalue weighted by Gasteiger charge is 2.08. The van der Waals surface area contributed by atoms with Crippen LogP contribution in [0, 0.1) is 0 Å². The Morgan fingerprint density at radius 1 is 1.33 bits per heavy atom. The first-order chi connectivity index (χ1) is 7.22. The van der Waals surface area contributed by atoms with Gasteiger partial charge < -0.3 is 0 Å².